The normalized spacial score (nSPS) is 17.2. The quantitative estimate of drug-likeness (QED) is 0.794. The largest absolute Gasteiger partial charge is 0.354 e. The molecule has 3 nitrogen and oxygen atoms in total. The fraction of sp³-hybridized carbons (Fsp3) is 0.615. The van der Waals surface area contributed by atoms with Crippen molar-refractivity contribution in [1.82, 2.24) is 9.88 Å². The van der Waals surface area contributed by atoms with E-state index in [9.17, 15) is 0 Å². The molecule has 0 aliphatic carbocycles. The van der Waals surface area contributed by atoms with Gasteiger partial charge in [0.25, 0.3) is 0 Å². The molecule has 0 spiro atoms. The van der Waals surface area contributed by atoms with Crippen molar-refractivity contribution in [2.75, 3.05) is 37.6 Å². The second kappa shape index (κ2) is 6.60. The maximum absolute atomic E-state index is 6.03. The van der Waals surface area contributed by atoms with Crippen molar-refractivity contribution in [3.05, 3.63) is 22.8 Å². The van der Waals surface area contributed by atoms with E-state index in [1.54, 1.807) is 6.20 Å². The summed E-state index contributed by atoms with van der Waals surface area (Å²) in [7, 11) is 0. The SMILES string of the molecule is CCCN1CCN(c2cc(CCl)c(Cl)cn2)CC1. The minimum Gasteiger partial charge on any atom is -0.354 e. The Morgan fingerprint density at radius 2 is 2.00 bits per heavy atom. The van der Waals surface area contributed by atoms with Crippen molar-refractivity contribution in [2.24, 2.45) is 0 Å². The fourth-order valence-electron chi connectivity index (χ4n) is 2.26. The Kier molecular flexibility index (Phi) is 5.10. The summed E-state index contributed by atoms with van der Waals surface area (Å²) in [6.45, 7) is 7.67. The average Bonchev–Trinajstić information content (AvgIpc) is 2.41. The maximum Gasteiger partial charge on any atom is 0.128 e. The molecule has 18 heavy (non-hydrogen) atoms. The minimum atomic E-state index is 0.435. The molecule has 0 unspecified atom stereocenters. The van der Waals surface area contributed by atoms with E-state index < -0.39 is 0 Å². The lowest BCUT2D eigenvalue weighted by molar-refractivity contribution is 0.258. The Morgan fingerprint density at radius 1 is 1.28 bits per heavy atom. The average molecular weight is 288 g/mol. The zero-order valence-corrected chi connectivity index (χ0v) is 12.2. The van der Waals surface area contributed by atoms with Crippen molar-refractivity contribution >= 4 is 29.0 Å². The Labute approximate surface area is 119 Å². The number of nitrogens with zero attached hydrogens (tertiary/aromatic N) is 3. The first-order valence-corrected chi connectivity index (χ1v) is 7.33. The van der Waals surface area contributed by atoms with E-state index >= 15 is 0 Å². The van der Waals surface area contributed by atoms with Crippen LogP contribution in [0.2, 0.25) is 5.02 Å². The van der Waals surface area contributed by atoms with E-state index in [0.717, 1.165) is 37.6 Å². The zero-order valence-electron chi connectivity index (χ0n) is 10.7. The Morgan fingerprint density at radius 3 is 2.61 bits per heavy atom. The van der Waals surface area contributed by atoms with E-state index in [-0.39, 0.29) is 0 Å². The number of aromatic nitrogens is 1. The van der Waals surface area contributed by atoms with Crippen LogP contribution in [0.15, 0.2) is 12.3 Å². The summed E-state index contributed by atoms with van der Waals surface area (Å²) in [4.78, 5) is 9.20. The van der Waals surface area contributed by atoms with Crippen molar-refractivity contribution < 1.29 is 0 Å². The van der Waals surface area contributed by atoms with Crippen LogP contribution < -0.4 is 4.90 Å². The number of hydrogen-bond acceptors (Lipinski definition) is 3. The van der Waals surface area contributed by atoms with Gasteiger partial charge in [-0.3, -0.25) is 4.90 Å². The Bertz CT molecular complexity index is 390. The van der Waals surface area contributed by atoms with Crippen LogP contribution in [0.25, 0.3) is 0 Å². The fourth-order valence-corrected chi connectivity index (χ4v) is 2.72. The lowest BCUT2D eigenvalue weighted by atomic mass is 10.2. The number of anilines is 1. The Hall–Kier alpha value is -0.510. The first-order valence-electron chi connectivity index (χ1n) is 6.42. The third-order valence-electron chi connectivity index (χ3n) is 3.30. The molecule has 100 valence electrons. The molecule has 2 heterocycles. The highest BCUT2D eigenvalue weighted by atomic mass is 35.5. The first kappa shape index (κ1) is 13.9. The molecular formula is C13H19Cl2N3. The smallest absolute Gasteiger partial charge is 0.128 e. The van der Waals surface area contributed by atoms with Gasteiger partial charge in [-0.15, -0.1) is 11.6 Å². The summed E-state index contributed by atoms with van der Waals surface area (Å²) in [5.74, 6) is 1.43. The van der Waals surface area contributed by atoms with Crippen LogP contribution in [0.1, 0.15) is 18.9 Å². The summed E-state index contributed by atoms with van der Waals surface area (Å²) in [5, 5.41) is 0.651. The van der Waals surface area contributed by atoms with Gasteiger partial charge >= 0.3 is 0 Å². The lowest BCUT2D eigenvalue weighted by Gasteiger charge is -2.35. The number of pyridine rings is 1. The van der Waals surface area contributed by atoms with Gasteiger partial charge in [-0.25, -0.2) is 4.98 Å². The second-order valence-corrected chi connectivity index (χ2v) is 5.27. The second-order valence-electron chi connectivity index (χ2n) is 4.60. The number of hydrogen-bond donors (Lipinski definition) is 0. The molecule has 1 aromatic rings. The summed E-state index contributed by atoms with van der Waals surface area (Å²) in [5.41, 5.74) is 0.958. The van der Waals surface area contributed by atoms with Crippen molar-refractivity contribution in [3.8, 4) is 0 Å². The molecule has 1 aliphatic rings. The zero-order chi connectivity index (χ0) is 13.0. The third kappa shape index (κ3) is 3.28. The molecule has 1 aliphatic heterocycles. The van der Waals surface area contributed by atoms with Gasteiger partial charge in [0, 0.05) is 38.3 Å². The highest BCUT2D eigenvalue weighted by Gasteiger charge is 2.17. The predicted octanol–water partition coefficient (Wildman–Crippen LogP) is 3.01. The number of alkyl halides is 1. The molecule has 1 fully saturated rings. The number of rotatable bonds is 4. The molecular weight excluding hydrogens is 269 g/mol. The van der Waals surface area contributed by atoms with E-state index in [2.05, 4.69) is 21.7 Å². The summed E-state index contributed by atoms with van der Waals surface area (Å²) in [6, 6.07) is 2.00. The number of halogens is 2. The summed E-state index contributed by atoms with van der Waals surface area (Å²) >= 11 is 11.9. The lowest BCUT2D eigenvalue weighted by Crippen LogP contribution is -2.46. The van der Waals surface area contributed by atoms with Gasteiger partial charge in [0.05, 0.1) is 5.02 Å². The van der Waals surface area contributed by atoms with E-state index in [4.69, 9.17) is 23.2 Å². The monoisotopic (exact) mass is 287 g/mol. The highest BCUT2D eigenvalue weighted by Crippen LogP contribution is 2.22. The molecule has 0 saturated carbocycles. The Balaban J connectivity index is 2.01. The number of piperazine rings is 1. The molecule has 0 atom stereocenters. The molecule has 0 bridgehead atoms. The molecule has 0 N–H and O–H groups in total. The molecule has 2 rings (SSSR count). The van der Waals surface area contributed by atoms with Crippen LogP contribution in [-0.2, 0) is 5.88 Å². The van der Waals surface area contributed by atoms with Crippen LogP contribution >= 0.6 is 23.2 Å². The van der Waals surface area contributed by atoms with Crippen LogP contribution in [0.3, 0.4) is 0 Å². The predicted molar refractivity (Wildman–Crippen MR) is 77.7 cm³/mol. The van der Waals surface area contributed by atoms with E-state index in [0.29, 0.717) is 10.9 Å². The molecule has 1 aromatic heterocycles. The van der Waals surface area contributed by atoms with Crippen molar-refractivity contribution in [1.29, 1.82) is 0 Å². The van der Waals surface area contributed by atoms with Gasteiger partial charge in [-0.1, -0.05) is 18.5 Å². The van der Waals surface area contributed by atoms with Gasteiger partial charge in [-0.2, -0.15) is 0 Å². The van der Waals surface area contributed by atoms with Gasteiger partial charge in [0.2, 0.25) is 0 Å². The topological polar surface area (TPSA) is 19.4 Å². The third-order valence-corrected chi connectivity index (χ3v) is 3.93. The molecule has 1 saturated heterocycles. The highest BCUT2D eigenvalue weighted by molar-refractivity contribution is 6.32. The van der Waals surface area contributed by atoms with Crippen LogP contribution in [0.4, 0.5) is 5.82 Å². The standard InChI is InChI=1S/C13H19Cl2N3/c1-2-3-17-4-6-18(7-5-17)13-8-11(9-14)12(15)10-16-13/h8,10H,2-7,9H2,1H3. The van der Waals surface area contributed by atoms with Crippen LogP contribution in [0, 0.1) is 0 Å². The van der Waals surface area contributed by atoms with Crippen LogP contribution in [0.5, 0.6) is 0 Å². The summed E-state index contributed by atoms with van der Waals surface area (Å²) < 4.78 is 0. The minimum absolute atomic E-state index is 0.435. The van der Waals surface area contributed by atoms with E-state index in [1.807, 2.05) is 6.07 Å². The van der Waals surface area contributed by atoms with Crippen molar-refractivity contribution in [3.63, 3.8) is 0 Å². The van der Waals surface area contributed by atoms with Gasteiger partial charge in [-0.05, 0) is 24.6 Å². The molecule has 0 amide bonds. The molecule has 0 radical (unpaired) electrons. The molecule has 5 heteroatoms. The van der Waals surface area contributed by atoms with Crippen LogP contribution in [-0.4, -0.2) is 42.6 Å². The van der Waals surface area contributed by atoms with E-state index in [1.165, 1.54) is 13.0 Å². The van der Waals surface area contributed by atoms with Gasteiger partial charge < -0.3 is 4.90 Å². The maximum atomic E-state index is 6.03. The summed E-state index contributed by atoms with van der Waals surface area (Å²) in [6.07, 6.45) is 2.92. The first-order chi connectivity index (χ1) is 8.74. The van der Waals surface area contributed by atoms with Crippen molar-refractivity contribution in [2.45, 2.75) is 19.2 Å². The molecule has 0 aromatic carbocycles. The van der Waals surface area contributed by atoms with Gasteiger partial charge in [0.15, 0.2) is 0 Å². The van der Waals surface area contributed by atoms with Gasteiger partial charge in [0.1, 0.15) is 5.82 Å².